The average molecular weight is 300 g/mol. The number of carbonyl (C=O) groups is 1. The minimum absolute atomic E-state index is 0.0553. The van der Waals surface area contributed by atoms with Crippen LogP contribution in [0.1, 0.15) is 15.9 Å². The largest absolute Gasteiger partial charge is 0.446 e. The molecule has 20 heavy (non-hydrogen) atoms. The minimum atomic E-state index is -4.32. The van der Waals surface area contributed by atoms with Crippen LogP contribution in [0.2, 0.25) is 0 Å². The van der Waals surface area contributed by atoms with Gasteiger partial charge in [0.15, 0.2) is 0 Å². The Labute approximate surface area is 117 Å². The predicted octanol–water partition coefficient (Wildman–Crippen LogP) is 3.56. The molecule has 0 aliphatic carbocycles. The summed E-state index contributed by atoms with van der Waals surface area (Å²) >= 11 is -0.203. The zero-order chi connectivity index (χ0) is 14.6. The summed E-state index contributed by atoms with van der Waals surface area (Å²) < 4.78 is 36.5. The molecule has 2 N–H and O–H groups in total. The normalized spacial score (nSPS) is 11.3. The van der Waals surface area contributed by atoms with Crippen molar-refractivity contribution in [3.8, 4) is 0 Å². The number of alkyl halides is 3. The van der Waals surface area contributed by atoms with Crippen LogP contribution in [0, 0.1) is 0 Å². The van der Waals surface area contributed by atoms with Crippen LogP contribution < -0.4 is 5.32 Å². The predicted molar refractivity (Wildman–Crippen MR) is 70.3 cm³/mol. The maximum absolute atomic E-state index is 12.2. The van der Waals surface area contributed by atoms with Crippen molar-refractivity contribution in [2.75, 3.05) is 0 Å². The number of halogens is 3. The van der Waals surface area contributed by atoms with Crippen LogP contribution in [-0.2, 0) is 6.54 Å². The van der Waals surface area contributed by atoms with E-state index < -0.39 is 5.51 Å². The highest BCUT2D eigenvalue weighted by Gasteiger charge is 2.29. The maximum atomic E-state index is 12.2. The Bertz CT molecular complexity index is 564. The number of thioether (sulfide) groups is 1. The third-order valence-electron chi connectivity index (χ3n) is 2.47. The van der Waals surface area contributed by atoms with Crippen LogP contribution in [0.5, 0.6) is 0 Å². The van der Waals surface area contributed by atoms with E-state index in [-0.39, 0.29) is 22.6 Å². The van der Waals surface area contributed by atoms with Crippen molar-refractivity contribution in [1.29, 1.82) is 0 Å². The number of benzene rings is 1. The summed E-state index contributed by atoms with van der Waals surface area (Å²) in [6.07, 6.45) is 3.49. The van der Waals surface area contributed by atoms with Gasteiger partial charge in [-0.3, -0.25) is 4.79 Å². The quantitative estimate of drug-likeness (QED) is 0.848. The second kappa shape index (κ2) is 6.04. The van der Waals surface area contributed by atoms with Crippen LogP contribution >= 0.6 is 11.8 Å². The lowest BCUT2D eigenvalue weighted by molar-refractivity contribution is -0.0328. The first-order valence-electron chi connectivity index (χ1n) is 5.70. The molecule has 1 amide bonds. The van der Waals surface area contributed by atoms with Gasteiger partial charge in [-0.1, -0.05) is 0 Å². The highest BCUT2D eigenvalue weighted by Crippen LogP contribution is 2.36. The fourth-order valence-corrected chi connectivity index (χ4v) is 2.10. The van der Waals surface area contributed by atoms with Gasteiger partial charge in [-0.2, -0.15) is 13.2 Å². The van der Waals surface area contributed by atoms with Gasteiger partial charge in [-0.25, -0.2) is 0 Å². The Morgan fingerprint density at radius 2 is 1.90 bits per heavy atom. The van der Waals surface area contributed by atoms with E-state index in [1.54, 1.807) is 12.4 Å². The Morgan fingerprint density at radius 1 is 1.20 bits per heavy atom. The van der Waals surface area contributed by atoms with Gasteiger partial charge < -0.3 is 10.3 Å². The molecule has 1 aromatic heterocycles. The Morgan fingerprint density at radius 3 is 2.45 bits per heavy atom. The Balaban J connectivity index is 1.93. The first kappa shape index (κ1) is 14.5. The number of H-pyrrole nitrogens is 1. The lowest BCUT2D eigenvalue weighted by Crippen LogP contribution is -2.22. The highest BCUT2D eigenvalue weighted by molar-refractivity contribution is 8.00. The summed E-state index contributed by atoms with van der Waals surface area (Å²) in [5.41, 5.74) is -3.08. The van der Waals surface area contributed by atoms with Gasteiger partial charge in [0.05, 0.1) is 0 Å². The monoisotopic (exact) mass is 300 g/mol. The third kappa shape index (κ3) is 4.34. The molecule has 0 saturated carbocycles. The molecule has 0 aliphatic heterocycles. The summed E-state index contributed by atoms with van der Waals surface area (Å²) in [5.74, 6) is -0.324. The molecule has 3 nitrogen and oxygen atoms in total. The molecule has 0 aliphatic rings. The number of hydrogen-bond donors (Lipinski definition) is 2. The van der Waals surface area contributed by atoms with Crippen LogP contribution in [0.25, 0.3) is 0 Å². The van der Waals surface area contributed by atoms with E-state index in [2.05, 4.69) is 10.3 Å². The van der Waals surface area contributed by atoms with Crippen LogP contribution in [0.15, 0.2) is 47.6 Å². The van der Waals surface area contributed by atoms with Crippen molar-refractivity contribution in [2.24, 2.45) is 0 Å². The van der Waals surface area contributed by atoms with Crippen molar-refractivity contribution >= 4 is 17.7 Å². The smallest absolute Gasteiger partial charge is 0.367 e. The van der Waals surface area contributed by atoms with Crippen molar-refractivity contribution in [3.63, 3.8) is 0 Å². The third-order valence-corrected chi connectivity index (χ3v) is 3.20. The second-order valence-electron chi connectivity index (χ2n) is 3.97. The van der Waals surface area contributed by atoms with Crippen molar-refractivity contribution in [3.05, 3.63) is 53.9 Å². The number of amides is 1. The number of nitrogens with one attached hydrogen (secondary N) is 2. The summed E-state index contributed by atoms with van der Waals surface area (Å²) in [7, 11) is 0. The zero-order valence-corrected chi connectivity index (χ0v) is 11.0. The molecule has 2 aromatic rings. The molecule has 0 radical (unpaired) electrons. The van der Waals surface area contributed by atoms with Gasteiger partial charge in [0, 0.05) is 29.4 Å². The molecule has 0 unspecified atom stereocenters. The summed E-state index contributed by atoms with van der Waals surface area (Å²) in [5, 5.41) is 2.68. The lowest BCUT2D eigenvalue weighted by Gasteiger charge is -2.07. The second-order valence-corrected chi connectivity index (χ2v) is 5.11. The van der Waals surface area contributed by atoms with Crippen molar-refractivity contribution in [1.82, 2.24) is 10.3 Å². The SMILES string of the molecule is O=C(NCc1cc[nH]c1)c1ccc(SC(F)(F)F)cc1. The van der Waals surface area contributed by atoms with E-state index >= 15 is 0 Å². The standard InChI is InChI=1S/C13H11F3N2OS/c14-13(15,16)20-11-3-1-10(2-4-11)12(19)18-8-9-5-6-17-7-9/h1-7,17H,8H2,(H,18,19). The molecule has 0 spiro atoms. The number of hydrogen-bond acceptors (Lipinski definition) is 2. The molecule has 2 rings (SSSR count). The number of carbonyl (C=O) groups excluding carboxylic acids is 1. The maximum Gasteiger partial charge on any atom is 0.446 e. The van der Waals surface area contributed by atoms with E-state index in [1.807, 2.05) is 6.07 Å². The van der Waals surface area contributed by atoms with Gasteiger partial charge in [0.1, 0.15) is 0 Å². The molecular formula is C13H11F3N2OS. The Hall–Kier alpha value is -1.89. The van der Waals surface area contributed by atoms with Crippen molar-refractivity contribution in [2.45, 2.75) is 16.9 Å². The molecule has 1 heterocycles. The van der Waals surface area contributed by atoms with E-state index in [4.69, 9.17) is 0 Å². The average Bonchev–Trinajstić information content (AvgIpc) is 2.88. The van der Waals surface area contributed by atoms with E-state index in [0.717, 1.165) is 5.56 Å². The van der Waals surface area contributed by atoms with Crippen LogP contribution in [-0.4, -0.2) is 16.4 Å². The topological polar surface area (TPSA) is 44.9 Å². The molecule has 0 bridgehead atoms. The molecule has 106 valence electrons. The Kier molecular flexibility index (Phi) is 4.39. The first-order chi connectivity index (χ1) is 9.44. The fourth-order valence-electron chi connectivity index (χ4n) is 1.56. The molecule has 0 atom stereocenters. The van der Waals surface area contributed by atoms with E-state index in [0.29, 0.717) is 12.1 Å². The van der Waals surface area contributed by atoms with Gasteiger partial charge in [0.25, 0.3) is 5.91 Å². The van der Waals surface area contributed by atoms with Gasteiger partial charge >= 0.3 is 5.51 Å². The first-order valence-corrected chi connectivity index (χ1v) is 6.51. The molecule has 0 fully saturated rings. The zero-order valence-electron chi connectivity index (χ0n) is 10.2. The molecule has 7 heteroatoms. The highest BCUT2D eigenvalue weighted by atomic mass is 32.2. The van der Waals surface area contributed by atoms with Gasteiger partial charge in [-0.05, 0) is 47.7 Å². The van der Waals surface area contributed by atoms with Gasteiger partial charge in [0.2, 0.25) is 0 Å². The lowest BCUT2D eigenvalue weighted by atomic mass is 10.2. The van der Waals surface area contributed by atoms with E-state index in [9.17, 15) is 18.0 Å². The van der Waals surface area contributed by atoms with E-state index in [1.165, 1.54) is 24.3 Å². The number of rotatable bonds is 4. The van der Waals surface area contributed by atoms with Crippen LogP contribution in [0.3, 0.4) is 0 Å². The molecular weight excluding hydrogens is 289 g/mol. The number of aromatic amines is 1. The molecule has 1 aromatic carbocycles. The fraction of sp³-hybridized carbons (Fsp3) is 0.154. The molecule has 0 saturated heterocycles. The summed E-state index contributed by atoms with van der Waals surface area (Å²) in [4.78, 5) is 14.7. The van der Waals surface area contributed by atoms with Crippen molar-refractivity contribution < 1.29 is 18.0 Å². The van der Waals surface area contributed by atoms with Crippen LogP contribution in [0.4, 0.5) is 13.2 Å². The summed E-state index contributed by atoms with van der Waals surface area (Å²) in [6, 6.07) is 7.14. The minimum Gasteiger partial charge on any atom is -0.367 e. The number of aromatic nitrogens is 1. The van der Waals surface area contributed by atoms with Gasteiger partial charge in [-0.15, -0.1) is 0 Å². The summed E-state index contributed by atoms with van der Waals surface area (Å²) in [6.45, 7) is 0.362.